The lowest BCUT2D eigenvalue weighted by Crippen LogP contribution is -2.32. The van der Waals surface area contributed by atoms with E-state index in [0.29, 0.717) is 46.6 Å². The molecule has 0 radical (unpaired) electrons. The Morgan fingerprint density at radius 3 is 2.58 bits per heavy atom. The highest BCUT2D eigenvalue weighted by atomic mass is 35.5. The molecular formula is C25H23ClN2O5. The first-order chi connectivity index (χ1) is 16.0. The Morgan fingerprint density at radius 2 is 1.85 bits per heavy atom. The second-order valence-corrected chi connectivity index (χ2v) is 7.94. The lowest BCUT2D eigenvalue weighted by molar-refractivity contribution is -0.133. The Morgan fingerprint density at radius 1 is 1.06 bits per heavy atom. The molecule has 1 aliphatic rings. The second kappa shape index (κ2) is 9.83. The van der Waals surface area contributed by atoms with Crippen molar-refractivity contribution in [3.63, 3.8) is 0 Å². The molecule has 1 heterocycles. The number of fused-ring (bicyclic) bond motifs is 1. The Bertz CT molecular complexity index is 1180. The van der Waals surface area contributed by atoms with Crippen LogP contribution in [0.3, 0.4) is 0 Å². The molecule has 8 heteroatoms. The summed E-state index contributed by atoms with van der Waals surface area (Å²) in [5, 5.41) is 3.44. The SMILES string of the molecule is COc1ccc(CN2Cc3cc(NC(=O)c4ccc(Cl)cc4)ccc3OCC2=O)c(OC)c1. The largest absolute Gasteiger partial charge is 0.497 e. The van der Waals surface area contributed by atoms with Gasteiger partial charge in [-0.25, -0.2) is 0 Å². The van der Waals surface area contributed by atoms with Gasteiger partial charge in [-0.2, -0.15) is 0 Å². The van der Waals surface area contributed by atoms with Crippen LogP contribution in [0.15, 0.2) is 60.7 Å². The molecule has 4 rings (SSSR count). The van der Waals surface area contributed by atoms with E-state index in [1.807, 2.05) is 18.2 Å². The zero-order valence-corrected chi connectivity index (χ0v) is 19.0. The number of halogens is 1. The van der Waals surface area contributed by atoms with Crippen molar-refractivity contribution >= 4 is 29.1 Å². The van der Waals surface area contributed by atoms with E-state index < -0.39 is 0 Å². The Labute approximate surface area is 196 Å². The van der Waals surface area contributed by atoms with Gasteiger partial charge in [0.05, 0.1) is 14.2 Å². The number of benzene rings is 3. The van der Waals surface area contributed by atoms with Gasteiger partial charge in [0.25, 0.3) is 11.8 Å². The Hall–Kier alpha value is -3.71. The number of carbonyl (C=O) groups excluding carboxylic acids is 2. The van der Waals surface area contributed by atoms with Crippen LogP contribution >= 0.6 is 11.6 Å². The average molecular weight is 467 g/mol. The van der Waals surface area contributed by atoms with Crippen LogP contribution in [0.25, 0.3) is 0 Å². The number of methoxy groups -OCH3 is 2. The quantitative estimate of drug-likeness (QED) is 0.577. The smallest absolute Gasteiger partial charge is 0.261 e. The summed E-state index contributed by atoms with van der Waals surface area (Å²) in [6, 6.07) is 17.5. The number of ether oxygens (including phenoxy) is 3. The maximum absolute atomic E-state index is 12.7. The van der Waals surface area contributed by atoms with Gasteiger partial charge in [0, 0.05) is 46.6 Å². The Balaban J connectivity index is 1.54. The minimum absolute atomic E-state index is 0.0675. The van der Waals surface area contributed by atoms with Crippen LogP contribution in [0.1, 0.15) is 21.5 Å². The van der Waals surface area contributed by atoms with E-state index in [4.69, 9.17) is 25.8 Å². The van der Waals surface area contributed by atoms with Gasteiger partial charge in [0.2, 0.25) is 0 Å². The summed E-state index contributed by atoms with van der Waals surface area (Å²) in [7, 11) is 3.17. The highest BCUT2D eigenvalue weighted by Crippen LogP contribution is 2.30. The van der Waals surface area contributed by atoms with Gasteiger partial charge in [0.1, 0.15) is 17.2 Å². The van der Waals surface area contributed by atoms with Gasteiger partial charge in [0.15, 0.2) is 6.61 Å². The maximum Gasteiger partial charge on any atom is 0.261 e. The number of anilines is 1. The number of nitrogens with zero attached hydrogens (tertiary/aromatic N) is 1. The third-order valence-corrected chi connectivity index (χ3v) is 5.60. The number of hydrogen-bond acceptors (Lipinski definition) is 5. The van der Waals surface area contributed by atoms with E-state index in [-0.39, 0.29) is 18.4 Å². The van der Waals surface area contributed by atoms with E-state index in [9.17, 15) is 9.59 Å². The van der Waals surface area contributed by atoms with Crippen molar-refractivity contribution in [3.8, 4) is 17.2 Å². The zero-order valence-electron chi connectivity index (χ0n) is 18.3. The van der Waals surface area contributed by atoms with E-state index in [2.05, 4.69) is 5.32 Å². The molecule has 33 heavy (non-hydrogen) atoms. The van der Waals surface area contributed by atoms with Gasteiger partial charge in [-0.15, -0.1) is 0 Å². The zero-order chi connectivity index (χ0) is 23.4. The summed E-state index contributed by atoms with van der Waals surface area (Å²) in [6.07, 6.45) is 0. The van der Waals surface area contributed by atoms with E-state index >= 15 is 0 Å². The number of amides is 2. The molecule has 0 saturated heterocycles. The summed E-state index contributed by atoms with van der Waals surface area (Å²) in [6.45, 7) is 0.603. The molecule has 0 atom stereocenters. The van der Waals surface area contributed by atoms with E-state index in [1.54, 1.807) is 61.6 Å². The van der Waals surface area contributed by atoms with E-state index in [1.165, 1.54) is 0 Å². The molecule has 1 aliphatic heterocycles. The lowest BCUT2D eigenvalue weighted by Gasteiger charge is -2.22. The molecule has 0 aromatic heterocycles. The van der Waals surface area contributed by atoms with E-state index in [0.717, 1.165) is 11.1 Å². The molecule has 0 saturated carbocycles. The fraction of sp³-hybridized carbons (Fsp3) is 0.200. The third-order valence-electron chi connectivity index (χ3n) is 5.35. The molecule has 0 spiro atoms. The molecule has 0 unspecified atom stereocenters. The number of nitrogens with one attached hydrogen (secondary N) is 1. The number of carbonyl (C=O) groups is 2. The number of hydrogen-bond donors (Lipinski definition) is 1. The van der Waals surface area contributed by atoms with Crippen LogP contribution in [-0.2, 0) is 17.9 Å². The van der Waals surface area contributed by atoms with Crippen LogP contribution in [-0.4, -0.2) is 37.5 Å². The van der Waals surface area contributed by atoms with Crippen LogP contribution in [0.4, 0.5) is 5.69 Å². The summed E-state index contributed by atoms with van der Waals surface area (Å²) in [5.74, 6) is 1.52. The molecule has 0 fully saturated rings. The second-order valence-electron chi connectivity index (χ2n) is 7.50. The topological polar surface area (TPSA) is 77.1 Å². The predicted molar refractivity (Wildman–Crippen MR) is 125 cm³/mol. The molecule has 3 aromatic carbocycles. The van der Waals surface area contributed by atoms with Gasteiger partial charge in [-0.1, -0.05) is 11.6 Å². The highest BCUT2D eigenvalue weighted by molar-refractivity contribution is 6.30. The standard InChI is InChI=1S/C25H23ClN2O5/c1-31-21-9-5-17(23(12-21)32-2)13-28-14-18-11-20(8-10-22(18)33-15-24(28)29)27-25(30)16-3-6-19(26)7-4-16/h3-12H,13-15H2,1-2H3,(H,27,30). The minimum atomic E-state index is -0.253. The van der Waals surface area contributed by atoms with Gasteiger partial charge in [-0.05, 0) is 54.6 Å². The van der Waals surface area contributed by atoms with Gasteiger partial charge in [-0.3, -0.25) is 9.59 Å². The molecule has 3 aromatic rings. The third kappa shape index (κ3) is 5.21. The average Bonchev–Trinajstić information content (AvgIpc) is 2.98. The summed E-state index contributed by atoms with van der Waals surface area (Å²) < 4.78 is 16.4. The van der Waals surface area contributed by atoms with Gasteiger partial charge >= 0.3 is 0 Å². The van der Waals surface area contributed by atoms with Gasteiger partial charge < -0.3 is 24.4 Å². The molecule has 7 nitrogen and oxygen atoms in total. The van der Waals surface area contributed by atoms with Crippen molar-refractivity contribution in [2.24, 2.45) is 0 Å². The fourth-order valence-electron chi connectivity index (χ4n) is 3.58. The first-order valence-corrected chi connectivity index (χ1v) is 10.7. The minimum Gasteiger partial charge on any atom is -0.497 e. The lowest BCUT2D eigenvalue weighted by atomic mass is 10.1. The molecular weight excluding hydrogens is 444 g/mol. The summed E-state index contributed by atoms with van der Waals surface area (Å²) >= 11 is 5.90. The molecule has 0 bridgehead atoms. The van der Waals surface area contributed by atoms with Crippen LogP contribution < -0.4 is 19.5 Å². The maximum atomic E-state index is 12.7. The summed E-state index contributed by atoms with van der Waals surface area (Å²) in [5.41, 5.74) is 2.74. The van der Waals surface area contributed by atoms with Crippen molar-refractivity contribution in [1.29, 1.82) is 0 Å². The van der Waals surface area contributed by atoms with Crippen molar-refractivity contribution in [2.75, 3.05) is 26.1 Å². The number of rotatable bonds is 6. The van der Waals surface area contributed by atoms with Crippen LogP contribution in [0.2, 0.25) is 5.02 Å². The van der Waals surface area contributed by atoms with Crippen molar-refractivity contribution < 1.29 is 23.8 Å². The highest BCUT2D eigenvalue weighted by Gasteiger charge is 2.23. The predicted octanol–water partition coefficient (Wildman–Crippen LogP) is 4.53. The first kappa shape index (κ1) is 22.5. The van der Waals surface area contributed by atoms with Crippen molar-refractivity contribution in [2.45, 2.75) is 13.1 Å². The van der Waals surface area contributed by atoms with Crippen LogP contribution in [0, 0.1) is 0 Å². The molecule has 2 amide bonds. The molecule has 170 valence electrons. The monoisotopic (exact) mass is 466 g/mol. The molecule has 1 N–H and O–H groups in total. The van der Waals surface area contributed by atoms with Crippen LogP contribution in [0.5, 0.6) is 17.2 Å². The summed E-state index contributed by atoms with van der Waals surface area (Å²) in [4.78, 5) is 27.0. The van der Waals surface area contributed by atoms with Crippen molar-refractivity contribution in [1.82, 2.24) is 4.90 Å². The first-order valence-electron chi connectivity index (χ1n) is 10.3. The fourth-order valence-corrected chi connectivity index (χ4v) is 3.71. The van der Waals surface area contributed by atoms with Crippen molar-refractivity contribution in [3.05, 3.63) is 82.4 Å². The Kier molecular flexibility index (Phi) is 6.70. The molecule has 0 aliphatic carbocycles. The normalized spacial score (nSPS) is 12.9.